The van der Waals surface area contributed by atoms with Gasteiger partial charge in [0.25, 0.3) is 0 Å². The number of anilines is 1. The van der Waals surface area contributed by atoms with E-state index >= 15 is 0 Å². The number of nitrogens with zero attached hydrogens (tertiary/aromatic N) is 1. The highest BCUT2D eigenvalue weighted by molar-refractivity contribution is 6.33. The summed E-state index contributed by atoms with van der Waals surface area (Å²) in [6.45, 7) is 8.59. The molecule has 0 atom stereocenters. The SMILES string of the molecule is CCCC1CCN(c2ccc(CNCC)cc2Cl)CC1. The van der Waals surface area contributed by atoms with Crippen molar-refractivity contribution in [3.63, 3.8) is 0 Å². The van der Waals surface area contributed by atoms with E-state index in [9.17, 15) is 0 Å². The molecule has 0 unspecified atom stereocenters. The Bertz CT molecular complexity index is 411. The Balaban J connectivity index is 1.96. The molecule has 1 aliphatic rings. The second-order valence-electron chi connectivity index (χ2n) is 5.79. The molecular formula is C17H27ClN2. The maximum Gasteiger partial charge on any atom is 0.0642 e. The van der Waals surface area contributed by atoms with Gasteiger partial charge in [-0.15, -0.1) is 0 Å². The normalized spacial score (nSPS) is 16.6. The van der Waals surface area contributed by atoms with E-state index in [4.69, 9.17) is 11.6 Å². The predicted molar refractivity (Wildman–Crippen MR) is 88.7 cm³/mol. The first-order valence-corrected chi connectivity index (χ1v) is 8.36. The maximum absolute atomic E-state index is 6.47. The van der Waals surface area contributed by atoms with E-state index in [2.05, 4.69) is 42.3 Å². The molecule has 1 aliphatic heterocycles. The molecular weight excluding hydrogens is 268 g/mol. The minimum Gasteiger partial charge on any atom is -0.370 e. The molecule has 2 rings (SSSR count). The fraction of sp³-hybridized carbons (Fsp3) is 0.647. The fourth-order valence-corrected chi connectivity index (χ4v) is 3.38. The molecule has 20 heavy (non-hydrogen) atoms. The first-order valence-electron chi connectivity index (χ1n) is 7.98. The molecule has 0 radical (unpaired) electrons. The van der Waals surface area contributed by atoms with Crippen LogP contribution in [0.1, 0.15) is 45.1 Å². The van der Waals surface area contributed by atoms with Crippen molar-refractivity contribution in [1.82, 2.24) is 5.32 Å². The van der Waals surface area contributed by atoms with Crippen molar-refractivity contribution >= 4 is 17.3 Å². The van der Waals surface area contributed by atoms with E-state index in [1.807, 2.05) is 0 Å². The van der Waals surface area contributed by atoms with E-state index < -0.39 is 0 Å². The lowest BCUT2D eigenvalue weighted by Crippen LogP contribution is -2.33. The molecule has 1 heterocycles. The average Bonchev–Trinajstić information content (AvgIpc) is 2.47. The Morgan fingerprint density at radius 2 is 2.00 bits per heavy atom. The van der Waals surface area contributed by atoms with Gasteiger partial charge >= 0.3 is 0 Å². The van der Waals surface area contributed by atoms with Gasteiger partial charge in [-0.2, -0.15) is 0 Å². The topological polar surface area (TPSA) is 15.3 Å². The van der Waals surface area contributed by atoms with Crippen LogP contribution >= 0.6 is 11.6 Å². The van der Waals surface area contributed by atoms with Gasteiger partial charge in [0.05, 0.1) is 10.7 Å². The van der Waals surface area contributed by atoms with Crippen LogP contribution in [0.4, 0.5) is 5.69 Å². The van der Waals surface area contributed by atoms with E-state index in [-0.39, 0.29) is 0 Å². The van der Waals surface area contributed by atoms with Crippen molar-refractivity contribution in [3.8, 4) is 0 Å². The number of piperidine rings is 1. The quantitative estimate of drug-likeness (QED) is 0.833. The standard InChI is InChI=1S/C17H27ClN2/c1-3-5-14-8-10-20(11-9-14)17-7-6-15(12-16(17)18)13-19-4-2/h6-7,12,14,19H,3-5,8-11,13H2,1-2H3. The minimum absolute atomic E-state index is 0.898. The van der Waals surface area contributed by atoms with E-state index in [1.54, 1.807) is 0 Å². The van der Waals surface area contributed by atoms with Crippen LogP contribution in [0.2, 0.25) is 5.02 Å². The molecule has 2 nitrogen and oxygen atoms in total. The summed E-state index contributed by atoms with van der Waals surface area (Å²) in [6, 6.07) is 6.49. The zero-order valence-electron chi connectivity index (χ0n) is 12.8. The summed E-state index contributed by atoms with van der Waals surface area (Å²) in [5, 5.41) is 4.24. The van der Waals surface area contributed by atoms with Gasteiger partial charge in [-0.05, 0) is 43.0 Å². The van der Waals surface area contributed by atoms with Gasteiger partial charge in [0.2, 0.25) is 0 Å². The van der Waals surface area contributed by atoms with Gasteiger partial charge in [-0.3, -0.25) is 0 Å². The number of halogens is 1. The number of benzene rings is 1. The predicted octanol–water partition coefficient (Wildman–Crippen LogP) is 4.47. The van der Waals surface area contributed by atoms with Gasteiger partial charge in [0.1, 0.15) is 0 Å². The number of hydrogen-bond donors (Lipinski definition) is 1. The van der Waals surface area contributed by atoms with Crippen LogP contribution in [0.15, 0.2) is 18.2 Å². The van der Waals surface area contributed by atoms with E-state index in [1.165, 1.54) is 36.9 Å². The van der Waals surface area contributed by atoms with Crippen LogP contribution in [0.5, 0.6) is 0 Å². The van der Waals surface area contributed by atoms with Crippen molar-refractivity contribution in [3.05, 3.63) is 28.8 Å². The van der Waals surface area contributed by atoms with Gasteiger partial charge in [0, 0.05) is 19.6 Å². The zero-order valence-corrected chi connectivity index (χ0v) is 13.5. The molecule has 1 fully saturated rings. The van der Waals surface area contributed by atoms with Crippen LogP contribution in [-0.2, 0) is 6.54 Å². The first kappa shape index (κ1) is 15.7. The molecule has 0 saturated carbocycles. The van der Waals surface area contributed by atoms with E-state index in [0.717, 1.165) is 37.1 Å². The smallest absolute Gasteiger partial charge is 0.0642 e. The molecule has 0 spiro atoms. The zero-order chi connectivity index (χ0) is 14.4. The highest BCUT2D eigenvalue weighted by Gasteiger charge is 2.20. The molecule has 0 amide bonds. The Labute approximate surface area is 128 Å². The van der Waals surface area contributed by atoms with Crippen LogP contribution < -0.4 is 10.2 Å². The van der Waals surface area contributed by atoms with Gasteiger partial charge in [-0.25, -0.2) is 0 Å². The lowest BCUT2D eigenvalue weighted by molar-refractivity contribution is 0.378. The molecule has 1 N–H and O–H groups in total. The molecule has 3 heteroatoms. The molecule has 1 aromatic carbocycles. The van der Waals surface area contributed by atoms with Crippen LogP contribution in [-0.4, -0.2) is 19.6 Å². The third-order valence-corrected chi connectivity index (χ3v) is 4.55. The maximum atomic E-state index is 6.47. The molecule has 0 bridgehead atoms. The summed E-state index contributed by atoms with van der Waals surface area (Å²) in [4.78, 5) is 2.45. The molecule has 0 aromatic heterocycles. The van der Waals surface area contributed by atoms with Crippen LogP contribution in [0, 0.1) is 5.92 Å². The summed E-state index contributed by atoms with van der Waals surface area (Å²) >= 11 is 6.47. The average molecular weight is 295 g/mol. The number of hydrogen-bond acceptors (Lipinski definition) is 2. The number of nitrogens with one attached hydrogen (secondary N) is 1. The summed E-state index contributed by atoms with van der Waals surface area (Å²) in [7, 11) is 0. The molecule has 1 aromatic rings. The van der Waals surface area contributed by atoms with Crippen LogP contribution in [0.3, 0.4) is 0 Å². The van der Waals surface area contributed by atoms with Gasteiger partial charge in [-0.1, -0.05) is 44.4 Å². The lowest BCUT2D eigenvalue weighted by atomic mass is 9.92. The third-order valence-electron chi connectivity index (χ3n) is 4.24. The summed E-state index contributed by atoms with van der Waals surface area (Å²) in [5.74, 6) is 0.919. The van der Waals surface area contributed by atoms with Crippen molar-refractivity contribution in [2.24, 2.45) is 5.92 Å². The van der Waals surface area contributed by atoms with Crippen LogP contribution in [0.25, 0.3) is 0 Å². The summed E-state index contributed by atoms with van der Waals surface area (Å²) < 4.78 is 0. The van der Waals surface area contributed by atoms with E-state index in [0.29, 0.717) is 0 Å². The largest absolute Gasteiger partial charge is 0.370 e. The molecule has 112 valence electrons. The monoisotopic (exact) mass is 294 g/mol. The Kier molecular flexibility index (Phi) is 6.18. The van der Waals surface area contributed by atoms with Crippen molar-refractivity contribution in [2.45, 2.75) is 46.1 Å². The Morgan fingerprint density at radius 1 is 1.25 bits per heavy atom. The molecule has 0 aliphatic carbocycles. The fourth-order valence-electron chi connectivity index (χ4n) is 3.06. The Morgan fingerprint density at radius 3 is 2.60 bits per heavy atom. The first-order chi connectivity index (χ1) is 9.74. The van der Waals surface area contributed by atoms with Crippen molar-refractivity contribution in [2.75, 3.05) is 24.5 Å². The van der Waals surface area contributed by atoms with Gasteiger partial charge < -0.3 is 10.2 Å². The summed E-state index contributed by atoms with van der Waals surface area (Å²) in [5.41, 5.74) is 2.48. The second kappa shape index (κ2) is 7.90. The highest BCUT2D eigenvalue weighted by atomic mass is 35.5. The molecule has 1 saturated heterocycles. The summed E-state index contributed by atoms with van der Waals surface area (Å²) in [6.07, 6.45) is 5.31. The van der Waals surface area contributed by atoms with Crippen molar-refractivity contribution in [1.29, 1.82) is 0 Å². The highest BCUT2D eigenvalue weighted by Crippen LogP contribution is 2.31. The lowest BCUT2D eigenvalue weighted by Gasteiger charge is -2.34. The van der Waals surface area contributed by atoms with Crippen molar-refractivity contribution < 1.29 is 0 Å². The number of rotatable bonds is 6. The Hall–Kier alpha value is -0.730. The second-order valence-corrected chi connectivity index (χ2v) is 6.19. The minimum atomic E-state index is 0.898. The third kappa shape index (κ3) is 4.13. The van der Waals surface area contributed by atoms with Gasteiger partial charge in [0.15, 0.2) is 0 Å².